The van der Waals surface area contributed by atoms with Crippen molar-refractivity contribution in [3.8, 4) is 0 Å². The Labute approximate surface area is 123 Å². The lowest BCUT2D eigenvalue weighted by Crippen LogP contribution is -2.37. The van der Waals surface area contributed by atoms with E-state index in [0.717, 1.165) is 11.3 Å². The molecule has 106 valence electrons. The van der Waals surface area contributed by atoms with Gasteiger partial charge in [-0.2, -0.15) is 0 Å². The molecule has 4 nitrogen and oxygen atoms in total. The van der Waals surface area contributed by atoms with E-state index in [2.05, 4.69) is 24.1 Å². The van der Waals surface area contributed by atoms with Gasteiger partial charge in [0.25, 0.3) is 0 Å². The van der Waals surface area contributed by atoms with Gasteiger partial charge < -0.3 is 11.1 Å². The van der Waals surface area contributed by atoms with Crippen LogP contribution in [-0.2, 0) is 11.2 Å². The van der Waals surface area contributed by atoms with E-state index in [-0.39, 0.29) is 5.91 Å². The predicted molar refractivity (Wildman–Crippen MR) is 83.0 cm³/mol. The van der Waals surface area contributed by atoms with Crippen LogP contribution < -0.4 is 11.1 Å². The fourth-order valence-corrected chi connectivity index (χ4v) is 2.64. The molecular weight excluding hydrogens is 270 g/mol. The number of carbonyl (C=O) groups is 1. The van der Waals surface area contributed by atoms with Gasteiger partial charge in [-0.05, 0) is 17.9 Å². The number of thiazole rings is 1. The van der Waals surface area contributed by atoms with Gasteiger partial charge in [0.05, 0.1) is 11.7 Å². The van der Waals surface area contributed by atoms with Gasteiger partial charge >= 0.3 is 0 Å². The molecule has 0 saturated carbocycles. The number of aromatic nitrogens is 1. The van der Waals surface area contributed by atoms with Crippen molar-refractivity contribution in [3.63, 3.8) is 0 Å². The third kappa shape index (κ3) is 3.88. The smallest absolute Gasteiger partial charge is 0.243 e. The highest BCUT2D eigenvalue weighted by Crippen LogP contribution is 2.21. The molecule has 0 radical (unpaired) electrons. The molecule has 1 amide bonds. The maximum absolute atomic E-state index is 12.0. The molecule has 2 rings (SSSR count). The minimum atomic E-state index is -0.566. The summed E-state index contributed by atoms with van der Waals surface area (Å²) in [6.07, 6.45) is 0.523. The molecule has 0 fully saturated rings. The molecular formula is C15H19N3OS. The Balaban J connectivity index is 1.93. The van der Waals surface area contributed by atoms with Crippen LogP contribution in [-0.4, -0.2) is 16.9 Å². The largest absolute Gasteiger partial charge is 0.320 e. The van der Waals surface area contributed by atoms with Crippen molar-refractivity contribution in [2.45, 2.75) is 32.2 Å². The molecule has 1 heterocycles. The van der Waals surface area contributed by atoms with Crippen molar-refractivity contribution in [2.75, 3.05) is 5.32 Å². The third-order valence-corrected chi connectivity index (χ3v) is 3.75. The number of hydrogen-bond donors (Lipinski definition) is 2. The quantitative estimate of drug-likeness (QED) is 0.889. The molecule has 0 bridgehead atoms. The topological polar surface area (TPSA) is 68.0 Å². The minimum absolute atomic E-state index is 0.196. The SMILES string of the molecule is CC(C)c1csc(NC(=O)[C@@H](N)Cc2ccccc2)n1. The molecule has 20 heavy (non-hydrogen) atoms. The Kier molecular flexibility index (Phi) is 4.87. The van der Waals surface area contributed by atoms with E-state index in [4.69, 9.17) is 5.73 Å². The summed E-state index contributed by atoms with van der Waals surface area (Å²) >= 11 is 1.43. The predicted octanol–water partition coefficient (Wildman–Crippen LogP) is 2.78. The van der Waals surface area contributed by atoms with Gasteiger partial charge in [-0.3, -0.25) is 4.79 Å². The molecule has 2 aromatic rings. The molecule has 0 aliphatic rings. The number of nitrogens with one attached hydrogen (secondary N) is 1. The number of amides is 1. The van der Waals surface area contributed by atoms with Crippen LogP contribution in [0.3, 0.4) is 0 Å². The highest BCUT2D eigenvalue weighted by atomic mass is 32.1. The van der Waals surface area contributed by atoms with Gasteiger partial charge in [-0.1, -0.05) is 44.2 Å². The number of anilines is 1. The van der Waals surface area contributed by atoms with Gasteiger partial charge in [0, 0.05) is 5.38 Å². The Morgan fingerprint density at radius 3 is 2.65 bits per heavy atom. The van der Waals surface area contributed by atoms with Crippen molar-refractivity contribution in [1.29, 1.82) is 0 Å². The molecule has 0 unspecified atom stereocenters. The van der Waals surface area contributed by atoms with Crippen LogP contribution in [0.5, 0.6) is 0 Å². The first-order valence-corrected chi connectivity index (χ1v) is 7.50. The Hall–Kier alpha value is -1.72. The summed E-state index contributed by atoms with van der Waals surface area (Å²) < 4.78 is 0. The van der Waals surface area contributed by atoms with Crippen LogP contribution in [0.25, 0.3) is 0 Å². The van der Waals surface area contributed by atoms with Crippen LogP contribution in [0.2, 0.25) is 0 Å². The first kappa shape index (κ1) is 14.7. The molecule has 5 heteroatoms. The summed E-state index contributed by atoms with van der Waals surface area (Å²) in [5, 5.41) is 5.36. The normalized spacial score (nSPS) is 12.4. The second kappa shape index (κ2) is 6.63. The monoisotopic (exact) mass is 289 g/mol. The molecule has 1 aromatic carbocycles. The summed E-state index contributed by atoms with van der Waals surface area (Å²) in [5.41, 5.74) is 7.97. The lowest BCUT2D eigenvalue weighted by molar-refractivity contribution is -0.117. The summed E-state index contributed by atoms with van der Waals surface area (Å²) in [5.74, 6) is 0.161. The van der Waals surface area contributed by atoms with Crippen LogP contribution in [0.1, 0.15) is 31.0 Å². The van der Waals surface area contributed by atoms with Gasteiger partial charge in [-0.25, -0.2) is 4.98 Å². The zero-order valence-corrected chi connectivity index (χ0v) is 12.5. The van der Waals surface area contributed by atoms with Gasteiger partial charge in [0.2, 0.25) is 5.91 Å². The average molecular weight is 289 g/mol. The van der Waals surface area contributed by atoms with Crippen molar-refractivity contribution in [1.82, 2.24) is 4.98 Å². The fourth-order valence-electron chi connectivity index (χ4n) is 1.77. The number of nitrogens with zero attached hydrogens (tertiary/aromatic N) is 1. The Morgan fingerprint density at radius 2 is 2.05 bits per heavy atom. The molecule has 1 aromatic heterocycles. The number of hydrogen-bond acceptors (Lipinski definition) is 4. The van der Waals surface area contributed by atoms with E-state index in [0.29, 0.717) is 17.5 Å². The molecule has 0 aliphatic heterocycles. The molecule has 3 N–H and O–H groups in total. The third-order valence-electron chi connectivity index (χ3n) is 2.98. The summed E-state index contributed by atoms with van der Waals surface area (Å²) in [4.78, 5) is 16.4. The van der Waals surface area contributed by atoms with E-state index in [9.17, 15) is 4.79 Å². The number of benzene rings is 1. The van der Waals surface area contributed by atoms with Gasteiger partial charge in [0.1, 0.15) is 0 Å². The van der Waals surface area contributed by atoms with Crippen LogP contribution in [0.4, 0.5) is 5.13 Å². The number of rotatable bonds is 5. The maximum atomic E-state index is 12.0. The van der Waals surface area contributed by atoms with Crippen molar-refractivity contribution < 1.29 is 4.79 Å². The van der Waals surface area contributed by atoms with Crippen LogP contribution in [0, 0.1) is 0 Å². The van der Waals surface area contributed by atoms with E-state index in [1.807, 2.05) is 35.7 Å². The molecule has 1 atom stereocenters. The summed E-state index contributed by atoms with van der Waals surface area (Å²) in [7, 11) is 0. The van der Waals surface area contributed by atoms with Gasteiger partial charge in [-0.15, -0.1) is 11.3 Å². The van der Waals surface area contributed by atoms with Crippen molar-refractivity contribution in [3.05, 3.63) is 47.0 Å². The van der Waals surface area contributed by atoms with Crippen molar-refractivity contribution in [2.24, 2.45) is 5.73 Å². The molecule has 0 saturated heterocycles. The highest BCUT2D eigenvalue weighted by molar-refractivity contribution is 7.13. The Morgan fingerprint density at radius 1 is 1.35 bits per heavy atom. The molecule has 0 spiro atoms. The zero-order chi connectivity index (χ0) is 14.5. The zero-order valence-electron chi connectivity index (χ0n) is 11.7. The van der Waals surface area contributed by atoms with E-state index in [1.54, 1.807) is 0 Å². The summed E-state index contributed by atoms with van der Waals surface area (Å²) in [6.45, 7) is 4.14. The average Bonchev–Trinajstić information content (AvgIpc) is 2.88. The fraction of sp³-hybridized carbons (Fsp3) is 0.333. The van der Waals surface area contributed by atoms with Crippen LogP contribution in [0.15, 0.2) is 35.7 Å². The standard InChI is InChI=1S/C15H19N3OS/c1-10(2)13-9-20-15(17-13)18-14(19)12(16)8-11-6-4-3-5-7-11/h3-7,9-10,12H,8,16H2,1-2H3,(H,17,18,19)/t12-/m0/s1. The maximum Gasteiger partial charge on any atom is 0.243 e. The summed E-state index contributed by atoms with van der Waals surface area (Å²) in [6, 6.07) is 9.19. The number of carbonyl (C=O) groups excluding carboxylic acids is 1. The van der Waals surface area contributed by atoms with E-state index < -0.39 is 6.04 Å². The second-order valence-corrected chi connectivity index (χ2v) is 5.88. The lowest BCUT2D eigenvalue weighted by atomic mass is 10.1. The van der Waals surface area contributed by atoms with Gasteiger partial charge in [0.15, 0.2) is 5.13 Å². The molecule has 0 aliphatic carbocycles. The highest BCUT2D eigenvalue weighted by Gasteiger charge is 2.16. The van der Waals surface area contributed by atoms with Crippen LogP contribution >= 0.6 is 11.3 Å². The second-order valence-electron chi connectivity index (χ2n) is 5.02. The first-order valence-electron chi connectivity index (χ1n) is 6.62. The first-order chi connectivity index (χ1) is 9.56. The lowest BCUT2D eigenvalue weighted by Gasteiger charge is -2.10. The van der Waals surface area contributed by atoms with E-state index >= 15 is 0 Å². The van der Waals surface area contributed by atoms with E-state index in [1.165, 1.54) is 11.3 Å². The number of nitrogens with two attached hydrogens (primary N) is 1. The van der Waals surface area contributed by atoms with Crippen molar-refractivity contribution >= 4 is 22.4 Å². The Bertz CT molecular complexity index is 566. The minimum Gasteiger partial charge on any atom is -0.320 e.